The Kier molecular flexibility index (Phi) is 6.26. The smallest absolute Gasteiger partial charge is 0.413 e. The molecule has 0 fully saturated rings. The van der Waals surface area contributed by atoms with Gasteiger partial charge in [0.05, 0.1) is 12.2 Å². The Morgan fingerprint density at radius 1 is 1.21 bits per heavy atom. The lowest BCUT2D eigenvalue weighted by atomic mass is 10.2. The highest BCUT2D eigenvalue weighted by Crippen LogP contribution is 2.12. The van der Waals surface area contributed by atoms with Gasteiger partial charge in [-0.2, -0.15) is 0 Å². The number of ether oxygens (including phenoxy) is 2. The number of hydrogen-bond acceptors (Lipinski definition) is 5. The maximum atomic E-state index is 11.7. The molecule has 6 nitrogen and oxygen atoms in total. The number of carbonyl (C=O) groups is 3. The summed E-state index contributed by atoms with van der Waals surface area (Å²) in [5.74, 6) is -1.36. The molecule has 0 unspecified atom stereocenters. The van der Waals surface area contributed by atoms with Crippen LogP contribution in [0.5, 0.6) is 0 Å². The van der Waals surface area contributed by atoms with Crippen LogP contribution in [0.15, 0.2) is 24.3 Å². The molecule has 0 bridgehead atoms. The van der Waals surface area contributed by atoms with Crippen molar-refractivity contribution in [1.82, 2.24) is 5.32 Å². The number of benzene rings is 1. The monoisotopic (exact) mass is 377 g/mol. The number of esters is 1. The summed E-state index contributed by atoms with van der Waals surface area (Å²) in [5.41, 5.74) is 0.368. The average Bonchev–Trinajstić information content (AvgIpc) is 2.36. The molecular formula is C12H12INO5. The van der Waals surface area contributed by atoms with Crippen LogP contribution in [0.1, 0.15) is 17.3 Å². The Bertz CT molecular complexity index is 489. The standard InChI is InChI=1S/C12H12INO5/c1-2-18-12(17)14-10(15)7-19-11(16)8-5-3-4-6-9(8)13/h3-6H,2,7H2,1H3,(H,14,15,17). The van der Waals surface area contributed by atoms with Gasteiger partial charge in [-0.15, -0.1) is 0 Å². The van der Waals surface area contributed by atoms with E-state index < -0.39 is 24.6 Å². The van der Waals surface area contributed by atoms with Gasteiger partial charge in [-0.25, -0.2) is 9.59 Å². The quantitative estimate of drug-likeness (QED) is 0.639. The molecule has 0 saturated heterocycles. The predicted octanol–water partition coefficient (Wildman–Crippen LogP) is 1.72. The number of hydrogen-bond donors (Lipinski definition) is 1. The first-order valence-electron chi connectivity index (χ1n) is 5.42. The molecule has 1 rings (SSSR count). The highest BCUT2D eigenvalue weighted by Gasteiger charge is 2.14. The zero-order chi connectivity index (χ0) is 14.3. The molecule has 1 aromatic rings. The molecule has 0 aromatic heterocycles. The van der Waals surface area contributed by atoms with Crippen LogP contribution in [-0.4, -0.2) is 31.2 Å². The van der Waals surface area contributed by atoms with E-state index in [2.05, 4.69) is 4.74 Å². The normalized spacial score (nSPS) is 9.58. The Hall–Kier alpha value is -1.64. The van der Waals surface area contributed by atoms with E-state index >= 15 is 0 Å². The lowest BCUT2D eigenvalue weighted by molar-refractivity contribution is -0.123. The first-order chi connectivity index (χ1) is 9.04. The molecule has 102 valence electrons. The number of carbonyl (C=O) groups excluding carboxylic acids is 3. The fourth-order valence-corrected chi connectivity index (χ4v) is 1.76. The summed E-state index contributed by atoms with van der Waals surface area (Å²) >= 11 is 1.99. The fraction of sp³-hybridized carbons (Fsp3) is 0.250. The van der Waals surface area contributed by atoms with E-state index in [1.807, 2.05) is 27.9 Å². The van der Waals surface area contributed by atoms with Gasteiger partial charge in [0.15, 0.2) is 6.61 Å². The lowest BCUT2D eigenvalue weighted by Crippen LogP contribution is -2.34. The molecule has 0 aliphatic heterocycles. The Morgan fingerprint density at radius 2 is 1.89 bits per heavy atom. The number of imide groups is 1. The third-order valence-electron chi connectivity index (χ3n) is 1.95. The molecule has 0 atom stereocenters. The minimum absolute atomic E-state index is 0.154. The van der Waals surface area contributed by atoms with Crippen molar-refractivity contribution in [2.24, 2.45) is 0 Å². The van der Waals surface area contributed by atoms with Crippen molar-refractivity contribution in [2.45, 2.75) is 6.92 Å². The molecule has 0 saturated carbocycles. The predicted molar refractivity (Wildman–Crippen MR) is 74.6 cm³/mol. The molecule has 1 aromatic carbocycles. The molecule has 1 N–H and O–H groups in total. The van der Waals surface area contributed by atoms with Crippen molar-refractivity contribution in [3.05, 3.63) is 33.4 Å². The van der Waals surface area contributed by atoms with Crippen molar-refractivity contribution in [2.75, 3.05) is 13.2 Å². The molecule has 0 spiro atoms. The van der Waals surface area contributed by atoms with Crippen molar-refractivity contribution in [3.8, 4) is 0 Å². The number of alkyl carbamates (subject to hydrolysis) is 1. The Labute approximate surface area is 123 Å². The van der Waals surface area contributed by atoms with Gasteiger partial charge < -0.3 is 9.47 Å². The minimum atomic E-state index is -0.863. The van der Waals surface area contributed by atoms with E-state index in [-0.39, 0.29) is 6.61 Å². The average molecular weight is 377 g/mol. The van der Waals surface area contributed by atoms with E-state index in [9.17, 15) is 14.4 Å². The maximum absolute atomic E-state index is 11.7. The fourth-order valence-electron chi connectivity index (χ4n) is 1.15. The van der Waals surface area contributed by atoms with Gasteiger partial charge >= 0.3 is 12.1 Å². The third-order valence-corrected chi connectivity index (χ3v) is 2.89. The van der Waals surface area contributed by atoms with Crippen LogP contribution in [0, 0.1) is 3.57 Å². The van der Waals surface area contributed by atoms with Crippen LogP contribution in [0.4, 0.5) is 4.79 Å². The van der Waals surface area contributed by atoms with Crippen molar-refractivity contribution >= 4 is 40.6 Å². The molecular weight excluding hydrogens is 365 g/mol. The summed E-state index contributed by atoms with van der Waals surface area (Å²) in [6.07, 6.45) is -0.863. The van der Waals surface area contributed by atoms with E-state index in [1.54, 1.807) is 31.2 Å². The van der Waals surface area contributed by atoms with E-state index in [4.69, 9.17) is 4.74 Å². The second-order valence-electron chi connectivity index (χ2n) is 3.32. The minimum Gasteiger partial charge on any atom is -0.452 e. The lowest BCUT2D eigenvalue weighted by Gasteiger charge is -2.06. The van der Waals surface area contributed by atoms with E-state index in [0.717, 1.165) is 3.57 Å². The first-order valence-corrected chi connectivity index (χ1v) is 6.50. The Balaban J connectivity index is 2.45. The summed E-state index contributed by atoms with van der Waals surface area (Å²) in [7, 11) is 0. The van der Waals surface area contributed by atoms with Crippen LogP contribution in [-0.2, 0) is 14.3 Å². The summed E-state index contributed by atoms with van der Waals surface area (Å²) in [5, 5.41) is 1.92. The third kappa shape index (κ3) is 5.25. The van der Waals surface area contributed by atoms with Crippen LogP contribution in [0.2, 0.25) is 0 Å². The second kappa shape index (κ2) is 7.72. The molecule has 7 heteroatoms. The molecule has 2 amide bonds. The van der Waals surface area contributed by atoms with E-state index in [0.29, 0.717) is 5.56 Å². The van der Waals surface area contributed by atoms with Crippen molar-refractivity contribution < 1.29 is 23.9 Å². The van der Waals surface area contributed by atoms with Gasteiger partial charge in [0.1, 0.15) is 0 Å². The van der Waals surface area contributed by atoms with Crippen LogP contribution >= 0.6 is 22.6 Å². The number of nitrogens with one attached hydrogen (secondary N) is 1. The highest BCUT2D eigenvalue weighted by atomic mass is 127. The van der Waals surface area contributed by atoms with Crippen LogP contribution < -0.4 is 5.32 Å². The largest absolute Gasteiger partial charge is 0.452 e. The molecule has 0 heterocycles. The molecule has 0 aliphatic rings. The highest BCUT2D eigenvalue weighted by molar-refractivity contribution is 14.1. The second-order valence-corrected chi connectivity index (χ2v) is 4.49. The number of amides is 2. The van der Waals surface area contributed by atoms with Gasteiger partial charge in [-0.1, -0.05) is 12.1 Å². The zero-order valence-electron chi connectivity index (χ0n) is 10.1. The summed E-state index contributed by atoms with van der Waals surface area (Å²) in [6.45, 7) is 1.23. The van der Waals surface area contributed by atoms with Gasteiger partial charge in [0.25, 0.3) is 5.91 Å². The molecule has 0 aliphatic carbocycles. The van der Waals surface area contributed by atoms with Gasteiger partial charge in [-0.3, -0.25) is 10.1 Å². The first kappa shape index (κ1) is 15.4. The topological polar surface area (TPSA) is 81.7 Å². The van der Waals surface area contributed by atoms with Crippen molar-refractivity contribution in [3.63, 3.8) is 0 Å². The van der Waals surface area contributed by atoms with Crippen molar-refractivity contribution in [1.29, 1.82) is 0 Å². The van der Waals surface area contributed by atoms with Gasteiger partial charge in [0, 0.05) is 3.57 Å². The van der Waals surface area contributed by atoms with Gasteiger partial charge in [-0.05, 0) is 41.6 Å². The number of halogens is 1. The summed E-state index contributed by atoms with van der Waals surface area (Å²) < 4.78 is 10.0. The summed E-state index contributed by atoms with van der Waals surface area (Å²) in [4.78, 5) is 33.8. The van der Waals surface area contributed by atoms with Gasteiger partial charge in [0.2, 0.25) is 0 Å². The summed E-state index contributed by atoms with van der Waals surface area (Å²) in [6, 6.07) is 6.81. The van der Waals surface area contributed by atoms with Crippen LogP contribution in [0.3, 0.4) is 0 Å². The van der Waals surface area contributed by atoms with E-state index in [1.165, 1.54) is 0 Å². The van der Waals surface area contributed by atoms with Crippen LogP contribution in [0.25, 0.3) is 0 Å². The molecule has 0 radical (unpaired) electrons. The zero-order valence-corrected chi connectivity index (χ0v) is 12.3. The number of rotatable bonds is 4. The maximum Gasteiger partial charge on any atom is 0.413 e. The molecule has 19 heavy (non-hydrogen) atoms. The Morgan fingerprint density at radius 3 is 2.53 bits per heavy atom. The SMILES string of the molecule is CCOC(=O)NC(=O)COC(=O)c1ccccc1I.